The predicted octanol–water partition coefficient (Wildman–Crippen LogP) is 2.13. The third-order valence-electron chi connectivity index (χ3n) is 3.30. The number of carbonyl (C=O) groups excluding carboxylic acids is 1. The molecule has 2 heterocycles. The van der Waals surface area contributed by atoms with Gasteiger partial charge in [0.25, 0.3) is 0 Å². The molecule has 2 rings (SSSR count). The zero-order chi connectivity index (χ0) is 11.1. The second kappa shape index (κ2) is 3.77. The summed E-state index contributed by atoms with van der Waals surface area (Å²) in [6, 6.07) is -0.321. The lowest BCUT2D eigenvalue weighted by molar-refractivity contribution is -0.168. The molecule has 2 unspecified atom stereocenters. The van der Waals surface area contributed by atoms with E-state index < -0.39 is 12.7 Å². The first-order chi connectivity index (χ1) is 6.96. The fraction of sp³-hybridized carbons (Fsp3) is 0.900. The molecule has 5 heteroatoms. The summed E-state index contributed by atoms with van der Waals surface area (Å²) in [5.74, 6) is 0.128. The molecule has 15 heavy (non-hydrogen) atoms. The van der Waals surface area contributed by atoms with Gasteiger partial charge < -0.3 is 0 Å². The Morgan fingerprint density at radius 1 is 1.20 bits per heavy atom. The molecule has 0 amide bonds. The topological polar surface area (TPSA) is 20.3 Å². The number of nitrogens with zero attached hydrogens (tertiary/aromatic N) is 1. The average molecular weight is 221 g/mol. The van der Waals surface area contributed by atoms with E-state index in [-0.39, 0.29) is 17.9 Å². The van der Waals surface area contributed by atoms with Gasteiger partial charge in [-0.15, -0.1) is 0 Å². The molecule has 0 radical (unpaired) electrons. The van der Waals surface area contributed by atoms with Crippen molar-refractivity contribution in [3.8, 4) is 0 Å². The molecule has 0 aromatic carbocycles. The summed E-state index contributed by atoms with van der Waals surface area (Å²) in [6.07, 6.45) is -1.10. The van der Waals surface area contributed by atoms with Crippen molar-refractivity contribution in [2.75, 3.05) is 6.54 Å². The Labute approximate surface area is 86.4 Å². The number of alkyl halides is 3. The third kappa shape index (κ3) is 2.51. The van der Waals surface area contributed by atoms with Gasteiger partial charge in [0.2, 0.25) is 0 Å². The highest BCUT2D eigenvalue weighted by Gasteiger charge is 2.42. The number of piperidine rings is 2. The number of hydrogen-bond acceptors (Lipinski definition) is 2. The van der Waals surface area contributed by atoms with Crippen LogP contribution in [0.5, 0.6) is 0 Å². The first-order valence-corrected chi connectivity index (χ1v) is 5.30. The first-order valence-electron chi connectivity index (χ1n) is 5.30. The van der Waals surface area contributed by atoms with Crippen LogP contribution in [0.2, 0.25) is 0 Å². The van der Waals surface area contributed by atoms with Crippen LogP contribution in [0.4, 0.5) is 13.2 Å². The number of rotatable bonds is 1. The van der Waals surface area contributed by atoms with E-state index >= 15 is 0 Å². The second-order valence-electron chi connectivity index (χ2n) is 4.47. The van der Waals surface area contributed by atoms with Crippen molar-refractivity contribution in [3.05, 3.63) is 0 Å². The zero-order valence-electron chi connectivity index (χ0n) is 8.39. The number of Topliss-reactive ketones (excluding diaryl/α,β-unsaturated/α-hetero) is 1. The molecule has 2 aliphatic heterocycles. The standard InChI is InChI=1S/C10H14F3NO/c11-10(12,13)6-14-7-2-1-3-8(14)5-9(15)4-7/h7-8H,1-6H2. The number of hydrogen-bond donors (Lipinski definition) is 0. The maximum absolute atomic E-state index is 12.3. The molecular formula is C10H14F3NO. The van der Waals surface area contributed by atoms with Crippen molar-refractivity contribution >= 4 is 5.78 Å². The van der Waals surface area contributed by atoms with E-state index in [1.165, 1.54) is 4.90 Å². The van der Waals surface area contributed by atoms with E-state index in [9.17, 15) is 18.0 Å². The molecule has 2 aliphatic rings. The molecule has 0 aliphatic carbocycles. The van der Waals surface area contributed by atoms with Crippen LogP contribution in [-0.2, 0) is 4.79 Å². The largest absolute Gasteiger partial charge is 0.401 e. The van der Waals surface area contributed by atoms with Crippen molar-refractivity contribution in [2.24, 2.45) is 0 Å². The molecule has 2 fully saturated rings. The van der Waals surface area contributed by atoms with E-state index in [0.29, 0.717) is 12.8 Å². The molecule has 2 saturated heterocycles. The van der Waals surface area contributed by atoms with E-state index in [4.69, 9.17) is 0 Å². The summed E-state index contributed by atoms with van der Waals surface area (Å²) in [4.78, 5) is 12.8. The van der Waals surface area contributed by atoms with Gasteiger partial charge in [-0.05, 0) is 12.8 Å². The minimum absolute atomic E-state index is 0.128. The first kappa shape index (κ1) is 10.9. The van der Waals surface area contributed by atoms with Crippen LogP contribution in [0.1, 0.15) is 32.1 Å². The number of halogens is 3. The SMILES string of the molecule is O=C1CC2CCCC(C1)N2CC(F)(F)F. The Hall–Kier alpha value is -0.580. The van der Waals surface area contributed by atoms with Crippen molar-refractivity contribution in [2.45, 2.75) is 50.4 Å². The fourth-order valence-corrected chi connectivity index (χ4v) is 2.73. The number of carbonyl (C=O) groups is 1. The van der Waals surface area contributed by atoms with Crippen LogP contribution in [0.15, 0.2) is 0 Å². The predicted molar refractivity (Wildman–Crippen MR) is 48.4 cm³/mol. The second-order valence-corrected chi connectivity index (χ2v) is 4.47. The molecular weight excluding hydrogens is 207 g/mol. The highest BCUT2D eigenvalue weighted by Crippen LogP contribution is 2.34. The van der Waals surface area contributed by atoms with Crippen LogP contribution in [-0.4, -0.2) is 35.5 Å². The molecule has 2 nitrogen and oxygen atoms in total. The Morgan fingerprint density at radius 3 is 2.20 bits per heavy atom. The Bertz CT molecular complexity index is 248. The fourth-order valence-electron chi connectivity index (χ4n) is 2.73. The van der Waals surface area contributed by atoms with Gasteiger partial charge in [-0.3, -0.25) is 9.69 Å². The van der Waals surface area contributed by atoms with Crippen LogP contribution in [0.3, 0.4) is 0 Å². The quantitative estimate of drug-likeness (QED) is 0.676. The Balaban J connectivity index is 2.07. The summed E-state index contributed by atoms with van der Waals surface area (Å²) in [6.45, 7) is -0.852. The molecule has 0 N–H and O–H groups in total. The van der Waals surface area contributed by atoms with Crippen LogP contribution in [0.25, 0.3) is 0 Å². The lowest BCUT2D eigenvalue weighted by atomic mass is 9.84. The van der Waals surface area contributed by atoms with E-state index in [1.807, 2.05) is 0 Å². The minimum Gasteiger partial charge on any atom is -0.300 e. The van der Waals surface area contributed by atoms with Crippen LogP contribution < -0.4 is 0 Å². The summed E-state index contributed by atoms with van der Waals surface area (Å²) in [7, 11) is 0. The average Bonchev–Trinajstić information content (AvgIpc) is 2.04. The Kier molecular flexibility index (Phi) is 2.75. The third-order valence-corrected chi connectivity index (χ3v) is 3.30. The van der Waals surface area contributed by atoms with Gasteiger partial charge >= 0.3 is 6.18 Å². The maximum atomic E-state index is 12.3. The summed E-state index contributed by atoms with van der Waals surface area (Å²) in [5, 5.41) is 0. The lowest BCUT2D eigenvalue weighted by Crippen LogP contribution is -2.55. The normalized spacial score (nSPS) is 33.1. The van der Waals surface area contributed by atoms with Gasteiger partial charge in [0.1, 0.15) is 5.78 Å². The number of ketones is 1. The molecule has 86 valence electrons. The van der Waals surface area contributed by atoms with E-state index in [0.717, 1.165) is 19.3 Å². The van der Waals surface area contributed by atoms with Crippen molar-refractivity contribution in [1.82, 2.24) is 4.90 Å². The minimum atomic E-state index is -4.14. The maximum Gasteiger partial charge on any atom is 0.401 e. The molecule has 0 saturated carbocycles. The van der Waals surface area contributed by atoms with Crippen LogP contribution >= 0.6 is 0 Å². The summed E-state index contributed by atoms with van der Waals surface area (Å²) < 4.78 is 37.0. The molecule has 2 bridgehead atoms. The van der Waals surface area contributed by atoms with Crippen LogP contribution in [0, 0.1) is 0 Å². The molecule has 2 atom stereocenters. The monoisotopic (exact) mass is 221 g/mol. The van der Waals surface area contributed by atoms with Gasteiger partial charge in [-0.1, -0.05) is 6.42 Å². The van der Waals surface area contributed by atoms with E-state index in [1.54, 1.807) is 0 Å². The van der Waals surface area contributed by atoms with Crippen molar-refractivity contribution in [3.63, 3.8) is 0 Å². The van der Waals surface area contributed by atoms with Gasteiger partial charge in [0.05, 0.1) is 6.54 Å². The lowest BCUT2D eigenvalue weighted by Gasteiger charge is -2.45. The highest BCUT2D eigenvalue weighted by molar-refractivity contribution is 5.80. The van der Waals surface area contributed by atoms with Gasteiger partial charge in [0.15, 0.2) is 0 Å². The van der Waals surface area contributed by atoms with Crippen molar-refractivity contribution < 1.29 is 18.0 Å². The molecule has 0 aromatic heterocycles. The van der Waals surface area contributed by atoms with Gasteiger partial charge in [0, 0.05) is 24.9 Å². The number of fused-ring (bicyclic) bond motifs is 2. The van der Waals surface area contributed by atoms with Gasteiger partial charge in [-0.2, -0.15) is 13.2 Å². The summed E-state index contributed by atoms with van der Waals surface area (Å²) in [5.41, 5.74) is 0. The highest BCUT2D eigenvalue weighted by atomic mass is 19.4. The molecule has 0 spiro atoms. The molecule has 0 aromatic rings. The van der Waals surface area contributed by atoms with Gasteiger partial charge in [-0.25, -0.2) is 0 Å². The summed E-state index contributed by atoms with van der Waals surface area (Å²) >= 11 is 0. The zero-order valence-corrected chi connectivity index (χ0v) is 8.39. The van der Waals surface area contributed by atoms with Crippen molar-refractivity contribution in [1.29, 1.82) is 0 Å². The van der Waals surface area contributed by atoms with E-state index in [2.05, 4.69) is 0 Å². The smallest absolute Gasteiger partial charge is 0.300 e. The Morgan fingerprint density at radius 2 is 1.73 bits per heavy atom.